The minimum atomic E-state index is -0.928. The molecule has 0 unspecified atom stereocenters. The summed E-state index contributed by atoms with van der Waals surface area (Å²) in [6, 6.07) is 5.22. The molecule has 122 valence electrons. The van der Waals surface area contributed by atoms with Crippen LogP contribution in [0.15, 0.2) is 24.5 Å². The number of carbonyl (C=O) groups is 1. The Morgan fingerprint density at radius 2 is 2.08 bits per heavy atom. The number of fused-ring (bicyclic) bond motifs is 3. The Balaban J connectivity index is 1.76. The van der Waals surface area contributed by atoms with Gasteiger partial charge < -0.3 is 10.4 Å². The van der Waals surface area contributed by atoms with E-state index in [0.717, 1.165) is 26.3 Å². The lowest BCUT2D eigenvalue weighted by molar-refractivity contribution is 0.145. The molecule has 0 radical (unpaired) electrons. The molecule has 9 heteroatoms. The lowest BCUT2D eigenvalue weighted by atomic mass is 10.2. The molecule has 2 aromatic heterocycles. The van der Waals surface area contributed by atoms with Gasteiger partial charge in [-0.05, 0) is 18.2 Å². The average molecular weight is 381 g/mol. The van der Waals surface area contributed by atoms with Crippen LogP contribution in [-0.2, 0) is 13.1 Å². The van der Waals surface area contributed by atoms with Gasteiger partial charge in [0.05, 0.1) is 28.5 Å². The standard InChI is InChI=1S/C15H10Cl2N4O2S/c16-9-2-1-7(3-10(9)17)20-13-12-8-4-21(15(22)23)5-11(8)24-14(12)19-6-18-13/h1-3,6H,4-5H2,(H,22,23)(H,18,19,20). The van der Waals surface area contributed by atoms with E-state index in [2.05, 4.69) is 15.3 Å². The Labute approximate surface area is 150 Å². The van der Waals surface area contributed by atoms with E-state index in [1.165, 1.54) is 22.6 Å². The average Bonchev–Trinajstić information content (AvgIpc) is 3.09. The van der Waals surface area contributed by atoms with Crippen LogP contribution in [0.2, 0.25) is 10.0 Å². The number of halogens is 2. The molecule has 1 aliphatic rings. The molecule has 6 nitrogen and oxygen atoms in total. The summed E-state index contributed by atoms with van der Waals surface area (Å²) in [5, 5.41) is 14.2. The van der Waals surface area contributed by atoms with Crippen LogP contribution in [0, 0.1) is 0 Å². The number of carboxylic acid groups (broad SMARTS) is 1. The smallest absolute Gasteiger partial charge is 0.407 e. The molecular formula is C15H10Cl2N4O2S. The molecule has 4 rings (SSSR count). The van der Waals surface area contributed by atoms with Crippen molar-refractivity contribution in [1.29, 1.82) is 0 Å². The zero-order valence-electron chi connectivity index (χ0n) is 12.1. The van der Waals surface area contributed by atoms with Crippen molar-refractivity contribution in [2.75, 3.05) is 5.32 Å². The Morgan fingerprint density at radius 3 is 2.83 bits per heavy atom. The molecule has 1 aromatic carbocycles. The zero-order valence-corrected chi connectivity index (χ0v) is 14.4. The van der Waals surface area contributed by atoms with Crippen LogP contribution < -0.4 is 5.32 Å². The number of anilines is 2. The molecule has 24 heavy (non-hydrogen) atoms. The molecule has 1 aliphatic heterocycles. The topological polar surface area (TPSA) is 78.3 Å². The van der Waals surface area contributed by atoms with E-state index >= 15 is 0 Å². The number of benzene rings is 1. The first-order chi connectivity index (χ1) is 11.5. The van der Waals surface area contributed by atoms with Gasteiger partial charge in [0.15, 0.2) is 0 Å². The Hall–Kier alpha value is -2.09. The molecule has 3 aromatic rings. The third kappa shape index (κ3) is 2.54. The minimum absolute atomic E-state index is 0.341. The first-order valence-electron chi connectivity index (χ1n) is 6.98. The van der Waals surface area contributed by atoms with Gasteiger partial charge in [-0.15, -0.1) is 11.3 Å². The fourth-order valence-corrected chi connectivity index (χ4v) is 4.16. The number of thiophene rings is 1. The van der Waals surface area contributed by atoms with Crippen molar-refractivity contribution in [3.63, 3.8) is 0 Å². The molecule has 3 heterocycles. The highest BCUT2D eigenvalue weighted by Gasteiger charge is 2.29. The third-order valence-electron chi connectivity index (χ3n) is 3.81. The lowest BCUT2D eigenvalue weighted by Gasteiger charge is -2.11. The van der Waals surface area contributed by atoms with Gasteiger partial charge in [0.25, 0.3) is 0 Å². The summed E-state index contributed by atoms with van der Waals surface area (Å²) in [6.07, 6.45) is 0.561. The molecule has 2 N–H and O–H groups in total. The summed E-state index contributed by atoms with van der Waals surface area (Å²) in [6.45, 7) is 0.728. The molecular weight excluding hydrogens is 371 g/mol. The van der Waals surface area contributed by atoms with Crippen molar-refractivity contribution >= 4 is 62.4 Å². The molecule has 0 saturated heterocycles. The van der Waals surface area contributed by atoms with E-state index in [-0.39, 0.29) is 0 Å². The fraction of sp³-hybridized carbons (Fsp3) is 0.133. The van der Waals surface area contributed by atoms with Crippen molar-refractivity contribution in [2.24, 2.45) is 0 Å². The first-order valence-corrected chi connectivity index (χ1v) is 8.55. The summed E-state index contributed by atoms with van der Waals surface area (Å²) in [5.74, 6) is 0.628. The van der Waals surface area contributed by atoms with Crippen LogP contribution in [0.4, 0.5) is 16.3 Å². The van der Waals surface area contributed by atoms with Gasteiger partial charge in [-0.3, -0.25) is 4.90 Å². The summed E-state index contributed by atoms with van der Waals surface area (Å²) >= 11 is 13.5. The highest BCUT2D eigenvalue weighted by atomic mass is 35.5. The quantitative estimate of drug-likeness (QED) is 0.671. The summed E-state index contributed by atoms with van der Waals surface area (Å²) < 4.78 is 0. The van der Waals surface area contributed by atoms with E-state index in [9.17, 15) is 9.90 Å². The summed E-state index contributed by atoms with van der Waals surface area (Å²) in [5.41, 5.74) is 1.71. The van der Waals surface area contributed by atoms with Crippen molar-refractivity contribution < 1.29 is 9.90 Å². The second-order valence-corrected chi connectivity index (χ2v) is 7.20. The number of nitrogens with zero attached hydrogens (tertiary/aromatic N) is 3. The third-order valence-corrected chi connectivity index (χ3v) is 5.67. The number of nitrogens with one attached hydrogen (secondary N) is 1. The predicted octanol–water partition coefficient (Wildman–Crippen LogP) is 4.74. The van der Waals surface area contributed by atoms with Crippen LogP contribution in [0.25, 0.3) is 10.2 Å². The Morgan fingerprint density at radius 1 is 1.25 bits per heavy atom. The van der Waals surface area contributed by atoms with E-state index in [1.54, 1.807) is 18.2 Å². The molecule has 0 atom stereocenters. The highest BCUT2D eigenvalue weighted by molar-refractivity contribution is 7.19. The maximum absolute atomic E-state index is 11.2. The maximum atomic E-state index is 11.2. The maximum Gasteiger partial charge on any atom is 0.407 e. The molecule has 0 fully saturated rings. The van der Waals surface area contributed by atoms with Gasteiger partial charge in [0.1, 0.15) is 17.0 Å². The molecule has 0 saturated carbocycles. The van der Waals surface area contributed by atoms with Crippen LogP contribution in [0.3, 0.4) is 0 Å². The molecule has 0 aliphatic carbocycles. The van der Waals surface area contributed by atoms with E-state index in [0.29, 0.717) is 29.0 Å². The van der Waals surface area contributed by atoms with Crippen LogP contribution in [-0.4, -0.2) is 26.1 Å². The van der Waals surface area contributed by atoms with Gasteiger partial charge in [-0.1, -0.05) is 23.2 Å². The van der Waals surface area contributed by atoms with Gasteiger partial charge >= 0.3 is 6.09 Å². The predicted molar refractivity (Wildman–Crippen MR) is 94.4 cm³/mol. The van der Waals surface area contributed by atoms with Crippen LogP contribution in [0.1, 0.15) is 10.4 Å². The number of amides is 1. The molecule has 0 spiro atoms. The summed E-state index contributed by atoms with van der Waals surface area (Å²) in [4.78, 5) is 23.0. The largest absolute Gasteiger partial charge is 0.465 e. The van der Waals surface area contributed by atoms with Crippen molar-refractivity contribution in [2.45, 2.75) is 13.1 Å². The van der Waals surface area contributed by atoms with E-state index in [1.807, 2.05) is 0 Å². The molecule has 1 amide bonds. The Bertz CT molecular complexity index is 976. The number of rotatable bonds is 2. The number of aromatic nitrogens is 2. The van der Waals surface area contributed by atoms with Crippen molar-refractivity contribution in [3.8, 4) is 0 Å². The zero-order chi connectivity index (χ0) is 16.8. The van der Waals surface area contributed by atoms with E-state index in [4.69, 9.17) is 23.2 Å². The monoisotopic (exact) mass is 380 g/mol. The SMILES string of the molecule is O=C(O)N1Cc2sc3ncnc(Nc4ccc(Cl)c(Cl)c4)c3c2C1. The van der Waals surface area contributed by atoms with Crippen LogP contribution in [0.5, 0.6) is 0 Å². The van der Waals surface area contributed by atoms with Gasteiger partial charge in [0.2, 0.25) is 0 Å². The highest BCUT2D eigenvalue weighted by Crippen LogP contribution is 2.40. The normalized spacial score (nSPS) is 13.3. The van der Waals surface area contributed by atoms with E-state index < -0.39 is 6.09 Å². The van der Waals surface area contributed by atoms with Gasteiger partial charge in [0, 0.05) is 16.1 Å². The summed E-state index contributed by atoms with van der Waals surface area (Å²) in [7, 11) is 0. The van der Waals surface area contributed by atoms with Crippen molar-refractivity contribution in [3.05, 3.63) is 45.0 Å². The lowest BCUT2D eigenvalue weighted by Crippen LogP contribution is -2.22. The Kier molecular flexibility index (Phi) is 3.71. The van der Waals surface area contributed by atoms with Gasteiger partial charge in [-0.2, -0.15) is 0 Å². The second-order valence-electron chi connectivity index (χ2n) is 5.30. The first kappa shape index (κ1) is 15.4. The molecule has 0 bridgehead atoms. The number of hydrogen-bond donors (Lipinski definition) is 2. The van der Waals surface area contributed by atoms with Crippen molar-refractivity contribution in [1.82, 2.24) is 14.9 Å². The van der Waals surface area contributed by atoms with Gasteiger partial charge in [-0.25, -0.2) is 14.8 Å². The minimum Gasteiger partial charge on any atom is -0.465 e. The fourth-order valence-electron chi connectivity index (χ4n) is 2.69. The second kappa shape index (κ2) is 5.77. The number of hydrogen-bond acceptors (Lipinski definition) is 5. The van der Waals surface area contributed by atoms with Crippen LogP contribution >= 0.6 is 34.5 Å².